The Morgan fingerprint density at radius 1 is 1.30 bits per heavy atom. The van der Waals surface area contributed by atoms with E-state index in [1.165, 1.54) is 6.26 Å². The van der Waals surface area contributed by atoms with Gasteiger partial charge in [-0.2, -0.15) is 0 Å². The Morgan fingerprint density at radius 3 is 2.50 bits per heavy atom. The summed E-state index contributed by atoms with van der Waals surface area (Å²) >= 11 is 0. The van der Waals surface area contributed by atoms with E-state index in [0.29, 0.717) is 25.3 Å². The SMILES string of the molecule is Cc1ccoc1C(=O)NCCCNC(=O)[C@@H](N)C(C)C. The van der Waals surface area contributed by atoms with Gasteiger partial charge in [0.1, 0.15) is 0 Å². The summed E-state index contributed by atoms with van der Waals surface area (Å²) in [7, 11) is 0. The Hall–Kier alpha value is -1.82. The van der Waals surface area contributed by atoms with Gasteiger partial charge in [-0.15, -0.1) is 0 Å². The van der Waals surface area contributed by atoms with Crippen LogP contribution < -0.4 is 16.4 Å². The van der Waals surface area contributed by atoms with Crippen molar-refractivity contribution in [3.63, 3.8) is 0 Å². The molecule has 0 bridgehead atoms. The lowest BCUT2D eigenvalue weighted by Crippen LogP contribution is -2.44. The lowest BCUT2D eigenvalue weighted by atomic mass is 10.1. The summed E-state index contributed by atoms with van der Waals surface area (Å²) in [6.07, 6.45) is 2.12. The summed E-state index contributed by atoms with van der Waals surface area (Å²) < 4.78 is 5.08. The van der Waals surface area contributed by atoms with E-state index in [1.54, 1.807) is 6.07 Å². The zero-order valence-electron chi connectivity index (χ0n) is 12.2. The molecule has 1 aromatic heterocycles. The minimum absolute atomic E-state index is 0.108. The van der Waals surface area contributed by atoms with Gasteiger partial charge in [0.25, 0.3) is 5.91 Å². The standard InChI is InChI=1S/C14H23N3O3/c1-9(2)11(15)13(18)16-6-4-7-17-14(19)12-10(3)5-8-20-12/h5,8-9,11H,4,6-7,15H2,1-3H3,(H,16,18)(H,17,19)/t11-/m0/s1. The average molecular weight is 281 g/mol. The van der Waals surface area contributed by atoms with E-state index in [1.807, 2.05) is 20.8 Å². The molecule has 0 saturated heterocycles. The van der Waals surface area contributed by atoms with E-state index < -0.39 is 6.04 Å². The van der Waals surface area contributed by atoms with E-state index in [4.69, 9.17) is 10.2 Å². The third-order valence-corrected chi connectivity index (χ3v) is 3.03. The maximum Gasteiger partial charge on any atom is 0.287 e. The average Bonchev–Trinajstić information content (AvgIpc) is 2.83. The second-order valence-electron chi connectivity index (χ2n) is 5.10. The van der Waals surface area contributed by atoms with E-state index in [-0.39, 0.29) is 17.7 Å². The molecule has 0 aliphatic rings. The van der Waals surface area contributed by atoms with Crippen LogP contribution in [-0.2, 0) is 4.79 Å². The van der Waals surface area contributed by atoms with E-state index in [9.17, 15) is 9.59 Å². The molecule has 6 nitrogen and oxygen atoms in total. The van der Waals surface area contributed by atoms with Crippen molar-refractivity contribution in [2.24, 2.45) is 11.7 Å². The number of amides is 2. The highest BCUT2D eigenvalue weighted by Crippen LogP contribution is 2.07. The molecule has 1 rings (SSSR count). The van der Waals surface area contributed by atoms with Crippen LogP contribution in [0.15, 0.2) is 16.7 Å². The molecule has 6 heteroatoms. The van der Waals surface area contributed by atoms with Crippen LogP contribution in [0.4, 0.5) is 0 Å². The monoisotopic (exact) mass is 281 g/mol. The first-order chi connectivity index (χ1) is 9.43. The van der Waals surface area contributed by atoms with Crippen LogP contribution in [0.2, 0.25) is 0 Å². The lowest BCUT2D eigenvalue weighted by molar-refractivity contribution is -0.123. The molecule has 0 saturated carbocycles. The fraction of sp³-hybridized carbons (Fsp3) is 0.571. The van der Waals surface area contributed by atoms with Crippen LogP contribution in [0.25, 0.3) is 0 Å². The Kier molecular flexibility index (Phi) is 6.24. The molecule has 2 amide bonds. The number of nitrogens with two attached hydrogens (primary N) is 1. The molecule has 0 radical (unpaired) electrons. The number of rotatable bonds is 7. The number of hydrogen-bond donors (Lipinski definition) is 3. The highest BCUT2D eigenvalue weighted by molar-refractivity contribution is 5.92. The minimum Gasteiger partial charge on any atom is -0.459 e. The summed E-state index contributed by atoms with van der Waals surface area (Å²) in [6.45, 7) is 6.56. The highest BCUT2D eigenvalue weighted by Gasteiger charge is 2.16. The van der Waals surface area contributed by atoms with Crippen LogP contribution in [0.5, 0.6) is 0 Å². The Bertz CT molecular complexity index is 454. The van der Waals surface area contributed by atoms with E-state index >= 15 is 0 Å². The van der Waals surface area contributed by atoms with Crippen LogP contribution in [0.3, 0.4) is 0 Å². The van der Waals surface area contributed by atoms with Gasteiger partial charge in [-0.1, -0.05) is 13.8 Å². The third-order valence-electron chi connectivity index (χ3n) is 3.03. The summed E-state index contributed by atoms with van der Waals surface area (Å²) in [5.74, 6) is 0.0402. The second-order valence-corrected chi connectivity index (χ2v) is 5.10. The van der Waals surface area contributed by atoms with Crippen molar-refractivity contribution >= 4 is 11.8 Å². The number of carbonyl (C=O) groups excluding carboxylic acids is 2. The molecule has 1 aromatic rings. The van der Waals surface area contributed by atoms with Gasteiger partial charge in [0.2, 0.25) is 5.91 Å². The lowest BCUT2D eigenvalue weighted by Gasteiger charge is -2.15. The van der Waals surface area contributed by atoms with Crippen molar-refractivity contribution in [2.45, 2.75) is 33.2 Å². The Morgan fingerprint density at radius 2 is 1.95 bits per heavy atom. The first-order valence-electron chi connectivity index (χ1n) is 6.79. The predicted octanol–water partition coefficient (Wildman–Crippen LogP) is 0.807. The van der Waals surface area contributed by atoms with Crippen molar-refractivity contribution in [2.75, 3.05) is 13.1 Å². The molecule has 20 heavy (non-hydrogen) atoms. The molecule has 112 valence electrons. The molecule has 0 aliphatic heterocycles. The first kappa shape index (κ1) is 16.2. The first-order valence-corrected chi connectivity index (χ1v) is 6.79. The highest BCUT2D eigenvalue weighted by atomic mass is 16.3. The number of carbonyl (C=O) groups is 2. The zero-order valence-corrected chi connectivity index (χ0v) is 12.2. The van der Waals surface area contributed by atoms with Gasteiger partial charge in [0.05, 0.1) is 12.3 Å². The van der Waals surface area contributed by atoms with Crippen LogP contribution >= 0.6 is 0 Å². The summed E-state index contributed by atoms with van der Waals surface area (Å²) in [5, 5.41) is 5.48. The Balaban J connectivity index is 2.18. The van der Waals surface area contributed by atoms with Gasteiger partial charge in [0, 0.05) is 18.7 Å². The molecule has 0 fully saturated rings. The molecule has 0 aliphatic carbocycles. The fourth-order valence-electron chi connectivity index (χ4n) is 1.61. The predicted molar refractivity (Wildman–Crippen MR) is 76.2 cm³/mol. The van der Waals surface area contributed by atoms with Crippen molar-refractivity contribution in [1.29, 1.82) is 0 Å². The van der Waals surface area contributed by atoms with Crippen molar-refractivity contribution < 1.29 is 14.0 Å². The fourth-order valence-corrected chi connectivity index (χ4v) is 1.61. The second kappa shape index (κ2) is 7.69. The van der Waals surface area contributed by atoms with Crippen LogP contribution in [0, 0.1) is 12.8 Å². The van der Waals surface area contributed by atoms with E-state index in [2.05, 4.69) is 10.6 Å². The maximum atomic E-state index is 11.7. The van der Waals surface area contributed by atoms with Crippen molar-refractivity contribution in [3.8, 4) is 0 Å². The van der Waals surface area contributed by atoms with Crippen molar-refractivity contribution in [1.82, 2.24) is 10.6 Å². The molecule has 1 heterocycles. The molecule has 0 unspecified atom stereocenters. The summed E-state index contributed by atoms with van der Waals surface area (Å²) in [6, 6.07) is 1.25. The maximum absolute atomic E-state index is 11.7. The number of furan rings is 1. The molecule has 4 N–H and O–H groups in total. The van der Waals surface area contributed by atoms with Crippen LogP contribution in [-0.4, -0.2) is 30.9 Å². The molecule has 1 atom stereocenters. The molecular formula is C14H23N3O3. The van der Waals surface area contributed by atoms with E-state index in [0.717, 1.165) is 5.56 Å². The van der Waals surface area contributed by atoms with Gasteiger partial charge in [-0.05, 0) is 25.3 Å². The topological polar surface area (TPSA) is 97.4 Å². The number of aryl methyl sites for hydroxylation is 1. The summed E-state index contributed by atoms with van der Waals surface area (Å²) in [5.41, 5.74) is 6.51. The van der Waals surface area contributed by atoms with Crippen molar-refractivity contribution in [3.05, 3.63) is 23.7 Å². The molecule has 0 spiro atoms. The van der Waals surface area contributed by atoms with Gasteiger partial charge >= 0.3 is 0 Å². The normalized spacial score (nSPS) is 12.2. The largest absolute Gasteiger partial charge is 0.459 e. The molecular weight excluding hydrogens is 258 g/mol. The number of hydrogen-bond acceptors (Lipinski definition) is 4. The zero-order chi connectivity index (χ0) is 15.1. The summed E-state index contributed by atoms with van der Waals surface area (Å²) in [4.78, 5) is 23.3. The Labute approximate surface area is 119 Å². The van der Waals surface area contributed by atoms with Crippen LogP contribution in [0.1, 0.15) is 36.4 Å². The third kappa shape index (κ3) is 4.70. The minimum atomic E-state index is -0.490. The van der Waals surface area contributed by atoms with Gasteiger partial charge in [-0.3, -0.25) is 9.59 Å². The van der Waals surface area contributed by atoms with Gasteiger partial charge in [-0.25, -0.2) is 0 Å². The van der Waals surface area contributed by atoms with Gasteiger partial charge < -0.3 is 20.8 Å². The molecule has 0 aromatic carbocycles. The smallest absolute Gasteiger partial charge is 0.287 e. The quantitative estimate of drug-likeness (QED) is 0.644. The number of nitrogens with one attached hydrogen (secondary N) is 2. The van der Waals surface area contributed by atoms with Gasteiger partial charge in [0.15, 0.2) is 5.76 Å².